The van der Waals surface area contributed by atoms with Gasteiger partial charge in [0.2, 0.25) is 0 Å². The largest absolute Gasteiger partial charge is 0.383 e. The maximum atomic E-state index is 3.52. The van der Waals surface area contributed by atoms with E-state index in [1.54, 1.807) is 0 Å². The second-order valence-corrected chi connectivity index (χ2v) is 3.69. The van der Waals surface area contributed by atoms with Crippen LogP contribution in [0, 0.1) is 0 Å². The first-order valence-corrected chi connectivity index (χ1v) is 5.82. The van der Waals surface area contributed by atoms with Gasteiger partial charge in [-0.1, -0.05) is 32.0 Å². The summed E-state index contributed by atoms with van der Waals surface area (Å²) >= 11 is 0. The molecule has 1 aromatic rings. The number of hydrogen-bond donors (Lipinski definition) is 2. The van der Waals surface area contributed by atoms with Crippen molar-refractivity contribution in [2.75, 3.05) is 25.5 Å². The highest BCUT2D eigenvalue weighted by Crippen LogP contribution is 2.21. The summed E-state index contributed by atoms with van der Waals surface area (Å²) in [4.78, 5) is 0. The van der Waals surface area contributed by atoms with Crippen molar-refractivity contribution >= 4 is 5.69 Å². The zero-order chi connectivity index (χ0) is 11.1. The third-order valence-corrected chi connectivity index (χ3v) is 2.68. The molecule has 0 fully saturated rings. The lowest BCUT2D eigenvalue weighted by Gasteiger charge is -2.15. The van der Waals surface area contributed by atoms with E-state index in [1.165, 1.54) is 16.8 Å². The van der Waals surface area contributed by atoms with Crippen molar-refractivity contribution < 1.29 is 0 Å². The van der Waals surface area contributed by atoms with E-state index >= 15 is 0 Å². The van der Waals surface area contributed by atoms with Gasteiger partial charge in [-0.15, -0.1) is 0 Å². The minimum Gasteiger partial charge on any atom is -0.383 e. The molecule has 0 bridgehead atoms. The molecule has 2 nitrogen and oxygen atoms in total. The van der Waals surface area contributed by atoms with Crippen LogP contribution in [0.1, 0.15) is 25.0 Å². The molecule has 1 aromatic carbocycles. The van der Waals surface area contributed by atoms with E-state index in [0.29, 0.717) is 0 Å². The molecule has 2 N–H and O–H groups in total. The number of hydrogen-bond acceptors (Lipinski definition) is 2. The summed E-state index contributed by atoms with van der Waals surface area (Å²) in [6, 6.07) is 6.57. The summed E-state index contributed by atoms with van der Waals surface area (Å²) in [5, 5.41) is 6.67. The van der Waals surface area contributed by atoms with E-state index in [4.69, 9.17) is 0 Å². The van der Waals surface area contributed by atoms with E-state index in [-0.39, 0.29) is 0 Å². The minimum atomic E-state index is 0.987. The molecule has 0 radical (unpaired) electrons. The molecule has 0 unspecified atom stereocenters. The minimum absolute atomic E-state index is 0.987. The number of anilines is 1. The van der Waals surface area contributed by atoms with Crippen LogP contribution in [0.5, 0.6) is 0 Å². The van der Waals surface area contributed by atoms with Crippen molar-refractivity contribution in [1.82, 2.24) is 5.32 Å². The van der Waals surface area contributed by atoms with Crippen molar-refractivity contribution in [2.45, 2.75) is 26.7 Å². The van der Waals surface area contributed by atoms with Crippen LogP contribution in [-0.2, 0) is 12.8 Å². The molecule has 0 heterocycles. The van der Waals surface area contributed by atoms with E-state index in [1.807, 2.05) is 7.05 Å². The number of rotatable bonds is 6. The lowest BCUT2D eigenvalue weighted by Crippen LogP contribution is -2.19. The highest BCUT2D eigenvalue weighted by molar-refractivity contribution is 5.57. The van der Waals surface area contributed by atoms with Gasteiger partial charge in [-0.25, -0.2) is 0 Å². The van der Waals surface area contributed by atoms with Gasteiger partial charge >= 0.3 is 0 Å². The average molecular weight is 206 g/mol. The van der Waals surface area contributed by atoms with Gasteiger partial charge in [0, 0.05) is 18.8 Å². The zero-order valence-electron chi connectivity index (χ0n) is 10.1. The van der Waals surface area contributed by atoms with Gasteiger partial charge in [0.25, 0.3) is 0 Å². The lowest BCUT2D eigenvalue weighted by molar-refractivity contribution is 0.821. The van der Waals surface area contributed by atoms with Gasteiger partial charge in [0.05, 0.1) is 0 Å². The maximum Gasteiger partial charge on any atom is 0.0405 e. The first kappa shape index (κ1) is 12.1. The predicted molar refractivity (Wildman–Crippen MR) is 67.6 cm³/mol. The van der Waals surface area contributed by atoms with Gasteiger partial charge in [0.1, 0.15) is 0 Å². The number of benzene rings is 1. The van der Waals surface area contributed by atoms with Gasteiger partial charge in [-0.05, 0) is 31.0 Å². The number of aryl methyl sites for hydroxylation is 2. The fraction of sp³-hybridized carbons (Fsp3) is 0.538. The normalized spacial score (nSPS) is 10.3. The summed E-state index contributed by atoms with van der Waals surface area (Å²) in [5.74, 6) is 0. The molecule has 0 aromatic heterocycles. The first-order chi connectivity index (χ1) is 7.33. The maximum absolute atomic E-state index is 3.52. The molecule has 0 aliphatic rings. The Kier molecular flexibility index (Phi) is 5.19. The number of likely N-dealkylation sites (N-methyl/N-ethyl adjacent to an activating group) is 1. The number of nitrogens with one attached hydrogen (secondary N) is 2. The molecule has 1 rings (SSSR count). The van der Waals surface area contributed by atoms with Crippen molar-refractivity contribution in [2.24, 2.45) is 0 Å². The molecule has 0 aliphatic heterocycles. The molecular weight excluding hydrogens is 184 g/mol. The Morgan fingerprint density at radius 3 is 2.07 bits per heavy atom. The molecule has 0 saturated heterocycles. The average Bonchev–Trinajstić information content (AvgIpc) is 2.29. The number of para-hydroxylation sites is 1. The Balaban J connectivity index is 2.80. The smallest absolute Gasteiger partial charge is 0.0405 e. The van der Waals surface area contributed by atoms with Crippen LogP contribution in [0.25, 0.3) is 0 Å². The summed E-state index contributed by atoms with van der Waals surface area (Å²) in [6.07, 6.45) is 2.19. The Morgan fingerprint density at radius 2 is 1.60 bits per heavy atom. The fourth-order valence-corrected chi connectivity index (χ4v) is 1.78. The monoisotopic (exact) mass is 206 g/mol. The Bertz CT molecular complexity index is 272. The summed E-state index contributed by atoms with van der Waals surface area (Å²) in [6.45, 7) is 6.40. The van der Waals surface area contributed by atoms with Crippen LogP contribution in [0.15, 0.2) is 18.2 Å². The van der Waals surface area contributed by atoms with Crippen molar-refractivity contribution in [3.05, 3.63) is 29.3 Å². The predicted octanol–water partition coefficient (Wildman–Crippen LogP) is 2.44. The molecule has 0 amide bonds. The quantitative estimate of drug-likeness (QED) is 0.699. The van der Waals surface area contributed by atoms with Gasteiger partial charge < -0.3 is 10.6 Å². The Morgan fingerprint density at radius 1 is 1.00 bits per heavy atom. The van der Waals surface area contributed by atoms with Crippen molar-refractivity contribution in [3.63, 3.8) is 0 Å². The Labute approximate surface area is 93.1 Å². The first-order valence-electron chi connectivity index (χ1n) is 5.82. The molecule has 2 heteroatoms. The van der Waals surface area contributed by atoms with Crippen molar-refractivity contribution in [1.29, 1.82) is 0 Å². The Hall–Kier alpha value is -1.02. The van der Waals surface area contributed by atoms with E-state index < -0.39 is 0 Å². The van der Waals surface area contributed by atoms with Crippen LogP contribution in [0.2, 0.25) is 0 Å². The molecule has 0 aliphatic carbocycles. The SMILES string of the molecule is CCc1cccc(CC)c1NCCNC. The van der Waals surface area contributed by atoms with E-state index in [0.717, 1.165) is 25.9 Å². The summed E-state index contributed by atoms with van der Waals surface area (Å²) < 4.78 is 0. The van der Waals surface area contributed by atoms with Gasteiger partial charge in [0.15, 0.2) is 0 Å². The highest BCUT2D eigenvalue weighted by Gasteiger charge is 2.04. The van der Waals surface area contributed by atoms with E-state index in [9.17, 15) is 0 Å². The molecule has 0 spiro atoms. The van der Waals surface area contributed by atoms with Crippen LogP contribution >= 0.6 is 0 Å². The van der Waals surface area contributed by atoms with Crippen LogP contribution in [0.3, 0.4) is 0 Å². The van der Waals surface area contributed by atoms with E-state index in [2.05, 4.69) is 42.7 Å². The topological polar surface area (TPSA) is 24.1 Å². The molecule has 0 atom stereocenters. The lowest BCUT2D eigenvalue weighted by atomic mass is 10.0. The molecule has 84 valence electrons. The van der Waals surface area contributed by atoms with Gasteiger partial charge in [-0.2, -0.15) is 0 Å². The van der Waals surface area contributed by atoms with Crippen LogP contribution in [0.4, 0.5) is 5.69 Å². The zero-order valence-corrected chi connectivity index (χ0v) is 10.1. The third kappa shape index (κ3) is 3.24. The molecule has 15 heavy (non-hydrogen) atoms. The summed E-state index contributed by atoms with van der Waals surface area (Å²) in [7, 11) is 1.98. The van der Waals surface area contributed by atoms with Crippen molar-refractivity contribution in [3.8, 4) is 0 Å². The second-order valence-electron chi connectivity index (χ2n) is 3.69. The highest BCUT2D eigenvalue weighted by atomic mass is 14.9. The van der Waals surface area contributed by atoms with Crippen LogP contribution < -0.4 is 10.6 Å². The molecular formula is C13H22N2. The fourth-order valence-electron chi connectivity index (χ4n) is 1.78. The van der Waals surface area contributed by atoms with Gasteiger partial charge in [-0.3, -0.25) is 0 Å². The standard InChI is InChI=1S/C13H22N2/c1-4-11-7-6-8-12(5-2)13(11)15-10-9-14-3/h6-8,14-15H,4-5,9-10H2,1-3H3. The van der Waals surface area contributed by atoms with Crippen LogP contribution in [-0.4, -0.2) is 20.1 Å². The third-order valence-electron chi connectivity index (χ3n) is 2.68. The summed E-state index contributed by atoms with van der Waals surface area (Å²) in [5.41, 5.74) is 4.19. The molecule has 0 saturated carbocycles. The second kappa shape index (κ2) is 6.46.